The molecule has 9 nitrogen and oxygen atoms in total. The van der Waals surface area contributed by atoms with Crippen molar-refractivity contribution in [2.24, 2.45) is 0 Å². The zero-order valence-electron chi connectivity index (χ0n) is 16.3. The van der Waals surface area contributed by atoms with E-state index in [1.165, 1.54) is 0 Å². The number of hydrogen-bond acceptors (Lipinski definition) is 8. The van der Waals surface area contributed by atoms with Crippen LogP contribution in [-0.4, -0.2) is 46.9 Å². The number of epoxide rings is 1. The summed E-state index contributed by atoms with van der Waals surface area (Å²) in [5.41, 5.74) is 1.78. The van der Waals surface area contributed by atoms with E-state index in [1.807, 2.05) is 0 Å². The predicted octanol–water partition coefficient (Wildman–Crippen LogP) is 2.81. The monoisotopic (exact) mass is 425 g/mol. The molecule has 1 atom stereocenters. The number of aliphatic hydroxyl groups excluding tert-OH is 1. The number of rotatable bonds is 9. The van der Waals surface area contributed by atoms with Gasteiger partial charge in [0, 0.05) is 17.1 Å². The van der Waals surface area contributed by atoms with Gasteiger partial charge in [-0.25, -0.2) is 9.37 Å². The smallest absolute Gasteiger partial charge is 0.255 e. The Morgan fingerprint density at radius 1 is 1.16 bits per heavy atom. The summed E-state index contributed by atoms with van der Waals surface area (Å²) in [4.78, 5) is 20.0. The van der Waals surface area contributed by atoms with Gasteiger partial charge >= 0.3 is 0 Å². The Balaban J connectivity index is 1.43. The molecule has 0 spiro atoms. The highest BCUT2D eigenvalue weighted by Crippen LogP contribution is 2.24. The van der Waals surface area contributed by atoms with Crippen LogP contribution in [0.25, 0.3) is 0 Å². The van der Waals surface area contributed by atoms with Gasteiger partial charge in [-0.2, -0.15) is 4.98 Å². The molecule has 1 saturated heterocycles. The number of ether oxygens (including phenoxy) is 2. The van der Waals surface area contributed by atoms with Crippen molar-refractivity contribution in [3.8, 4) is 5.75 Å². The van der Waals surface area contributed by atoms with E-state index in [0.717, 1.165) is 6.20 Å². The number of anilines is 5. The number of hydrogen-bond donors (Lipinski definition) is 4. The normalized spacial score (nSPS) is 14.6. The summed E-state index contributed by atoms with van der Waals surface area (Å²) in [5.74, 6) is -0.0522. The van der Waals surface area contributed by atoms with Crippen molar-refractivity contribution in [1.82, 2.24) is 9.97 Å². The maximum Gasteiger partial charge on any atom is 0.255 e. The second kappa shape index (κ2) is 9.37. The molecule has 2 aromatic carbocycles. The lowest BCUT2D eigenvalue weighted by Crippen LogP contribution is -2.17. The second-order valence-corrected chi connectivity index (χ2v) is 6.63. The number of benzene rings is 2. The summed E-state index contributed by atoms with van der Waals surface area (Å²) >= 11 is 0. The average molecular weight is 425 g/mol. The van der Waals surface area contributed by atoms with Crippen LogP contribution in [0.15, 0.2) is 54.7 Å². The van der Waals surface area contributed by atoms with Gasteiger partial charge in [0.05, 0.1) is 19.4 Å². The first kappa shape index (κ1) is 20.5. The fourth-order valence-electron chi connectivity index (χ4n) is 2.68. The van der Waals surface area contributed by atoms with E-state index in [2.05, 4.69) is 25.9 Å². The molecular weight excluding hydrogens is 405 g/mol. The maximum atomic E-state index is 14.3. The van der Waals surface area contributed by atoms with Crippen LogP contribution in [0.5, 0.6) is 5.75 Å². The third kappa shape index (κ3) is 5.65. The highest BCUT2D eigenvalue weighted by Gasteiger charge is 2.31. The molecule has 0 bridgehead atoms. The highest BCUT2D eigenvalue weighted by atomic mass is 19.1. The quantitative estimate of drug-likeness (QED) is 0.386. The zero-order chi connectivity index (χ0) is 21.6. The van der Waals surface area contributed by atoms with Crippen LogP contribution < -0.4 is 20.7 Å². The molecule has 0 saturated carbocycles. The van der Waals surface area contributed by atoms with Gasteiger partial charge in [-0.1, -0.05) is 6.07 Å². The minimum atomic E-state index is -0.626. The molecule has 1 amide bonds. The van der Waals surface area contributed by atoms with E-state index in [-0.39, 0.29) is 30.9 Å². The van der Waals surface area contributed by atoms with Gasteiger partial charge in [-0.05, 0) is 42.5 Å². The van der Waals surface area contributed by atoms with Gasteiger partial charge in [-0.3, -0.25) is 4.79 Å². The number of halogens is 1. The summed E-state index contributed by atoms with van der Waals surface area (Å²) in [6.07, 6.45) is 0.659. The largest absolute Gasteiger partial charge is 0.491 e. The molecule has 3 aromatic rings. The summed E-state index contributed by atoms with van der Waals surface area (Å²) in [6, 6.07) is 13.8. The van der Waals surface area contributed by atoms with Crippen molar-refractivity contribution in [3.63, 3.8) is 0 Å². The number of aliphatic hydroxyl groups is 1. The molecule has 4 N–H and O–H groups in total. The van der Waals surface area contributed by atoms with E-state index < -0.39 is 11.9 Å². The molecule has 1 fully saturated rings. The lowest BCUT2D eigenvalue weighted by molar-refractivity contribution is -0.117. The van der Waals surface area contributed by atoms with Crippen LogP contribution >= 0.6 is 0 Å². The first-order chi connectivity index (χ1) is 15.1. The third-order valence-electron chi connectivity index (χ3n) is 4.23. The van der Waals surface area contributed by atoms with Gasteiger partial charge < -0.3 is 30.5 Å². The van der Waals surface area contributed by atoms with Gasteiger partial charge in [0.15, 0.2) is 17.7 Å². The Morgan fingerprint density at radius 2 is 1.94 bits per heavy atom. The van der Waals surface area contributed by atoms with Crippen molar-refractivity contribution in [3.05, 3.63) is 60.5 Å². The number of carbonyl (C=O) groups excluding carboxylic acids is 1. The molecule has 1 aliphatic heterocycles. The van der Waals surface area contributed by atoms with Crippen molar-refractivity contribution in [2.75, 3.05) is 35.8 Å². The number of carbonyl (C=O) groups is 1. The first-order valence-corrected chi connectivity index (χ1v) is 9.53. The molecule has 1 aromatic heterocycles. The van der Waals surface area contributed by atoms with Crippen LogP contribution in [0.2, 0.25) is 0 Å². The average Bonchev–Trinajstić information content (AvgIpc) is 3.62. The Labute approximate surface area is 177 Å². The van der Waals surface area contributed by atoms with E-state index in [1.54, 1.807) is 48.5 Å². The van der Waals surface area contributed by atoms with E-state index in [9.17, 15) is 9.18 Å². The number of amides is 1. The van der Waals surface area contributed by atoms with E-state index >= 15 is 0 Å². The van der Waals surface area contributed by atoms with Crippen molar-refractivity contribution >= 4 is 34.7 Å². The Bertz CT molecular complexity index is 1060. The lowest BCUT2D eigenvalue weighted by atomic mass is 10.2. The van der Waals surface area contributed by atoms with Gasteiger partial charge in [0.1, 0.15) is 12.4 Å². The van der Waals surface area contributed by atoms with Gasteiger partial charge in [0.2, 0.25) is 5.95 Å². The van der Waals surface area contributed by atoms with Gasteiger partial charge in [-0.15, -0.1) is 0 Å². The fraction of sp³-hybridized carbons (Fsp3) is 0.190. The maximum absolute atomic E-state index is 14.3. The second-order valence-electron chi connectivity index (χ2n) is 6.63. The summed E-state index contributed by atoms with van der Waals surface area (Å²) in [7, 11) is 0. The number of nitrogens with one attached hydrogen (secondary N) is 3. The van der Waals surface area contributed by atoms with E-state index in [4.69, 9.17) is 14.6 Å². The number of aromatic nitrogens is 2. The number of nitrogens with zero attached hydrogens (tertiary/aromatic N) is 2. The molecule has 160 valence electrons. The SMILES string of the molecule is O=C(Nc1cccc(Nc2nc(Nc3ccc(OCCO)cc3)ncc2F)c1)C1CO1. The molecule has 2 heterocycles. The Hall–Kier alpha value is -3.76. The molecule has 1 unspecified atom stereocenters. The van der Waals surface area contributed by atoms with Crippen LogP contribution in [0.3, 0.4) is 0 Å². The van der Waals surface area contributed by atoms with Crippen LogP contribution in [0.4, 0.5) is 33.2 Å². The minimum absolute atomic E-state index is 0.0191. The molecule has 0 aliphatic carbocycles. The van der Waals surface area contributed by atoms with Crippen molar-refractivity contribution < 1.29 is 23.8 Å². The van der Waals surface area contributed by atoms with Crippen molar-refractivity contribution in [2.45, 2.75) is 6.10 Å². The minimum Gasteiger partial charge on any atom is -0.491 e. The predicted molar refractivity (Wildman–Crippen MR) is 112 cm³/mol. The highest BCUT2D eigenvalue weighted by molar-refractivity contribution is 5.96. The molecular formula is C21H20FN5O4. The van der Waals surface area contributed by atoms with Crippen LogP contribution in [-0.2, 0) is 9.53 Å². The molecule has 0 radical (unpaired) electrons. The van der Waals surface area contributed by atoms with Gasteiger partial charge in [0.25, 0.3) is 5.91 Å². The summed E-state index contributed by atoms with van der Waals surface area (Å²) < 4.78 is 24.5. The zero-order valence-corrected chi connectivity index (χ0v) is 16.3. The van der Waals surface area contributed by atoms with Crippen LogP contribution in [0, 0.1) is 5.82 Å². The standard InChI is InChI=1S/C21H20FN5O4/c22-17-11-23-21(26-13-4-6-16(7-5-13)30-9-8-28)27-19(17)24-14-2-1-3-15(10-14)25-20(29)18-12-31-18/h1-7,10-11,18,28H,8-9,12H2,(H,25,29)(H2,23,24,26,27). The first-order valence-electron chi connectivity index (χ1n) is 9.53. The molecule has 4 rings (SSSR count). The Kier molecular flexibility index (Phi) is 6.20. The van der Waals surface area contributed by atoms with Crippen molar-refractivity contribution in [1.29, 1.82) is 0 Å². The van der Waals surface area contributed by atoms with Crippen LogP contribution in [0.1, 0.15) is 0 Å². The Morgan fingerprint density at radius 3 is 2.68 bits per heavy atom. The molecule has 10 heteroatoms. The molecule has 31 heavy (non-hydrogen) atoms. The summed E-state index contributed by atoms with van der Waals surface area (Å²) in [6.45, 7) is 0.565. The third-order valence-corrected chi connectivity index (χ3v) is 4.23. The van der Waals surface area contributed by atoms with E-state index in [0.29, 0.717) is 29.4 Å². The molecule has 1 aliphatic rings. The fourth-order valence-corrected chi connectivity index (χ4v) is 2.68. The summed E-state index contributed by atoms with van der Waals surface area (Å²) in [5, 5.41) is 17.4. The topological polar surface area (TPSA) is 121 Å². The lowest BCUT2D eigenvalue weighted by Gasteiger charge is -2.11.